The summed E-state index contributed by atoms with van der Waals surface area (Å²) in [6, 6.07) is 2.28. The van der Waals surface area contributed by atoms with Gasteiger partial charge < -0.3 is 4.90 Å². The van der Waals surface area contributed by atoms with Gasteiger partial charge in [0.1, 0.15) is 5.82 Å². The molecule has 1 unspecified atom stereocenters. The second kappa shape index (κ2) is 6.42. The van der Waals surface area contributed by atoms with Crippen molar-refractivity contribution in [3.05, 3.63) is 29.6 Å². The smallest absolute Gasteiger partial charge is 0.320 e. The van der Waals surface area contributed by atoms with Crippen LogP contribution in [0.1, 0.15) is 12.5 Å². The van der Waals surface area contributed by atoms with Crippen molar-refractivity contribution < 1.29 is 31.1 Å². The van der Waals surface area contributed by atoms with Crippen molar-refractivity contribution in [2.45, 2.75) is 24.8 Å². The van der Waals surface area contributed by atoms with Crippen LogP contribution in [0.25, 0.3) is 0 Å². The van der Waals surface area contributed by atoms with Gasteiger partial charge in [-0.05, 0) is 18.2 Å². The Hall–Kier alpha value is -1.71. The molecule has 1 fully saturated rings. The summed E-state index contributed by atoms with van der Waals surface area (Å²) in [6.45, 7) is 1.85. The second-order valence-electron chi connectivity index (χ2n) is 4.73. The number of nitrogens with zero attached hydrogens (tertiary/aromatic N) is 2. The first-order chi connectivity index (χ1) is 10.6. The molecule has 1 amide bonds. The summed E-state index contributed by atoms with van der Waals surface area (Å²) >= 11 is 0.979. The molecule has 0 aromatic heterocycles. The molecule has 2 rings (SSSR count). The molecule has 0 saturated carbocycles. The average molecular weight is 356 g/mol. The minimum absolute atomic E-state index is 0.0728. The Morgan fingerprint density at radius 1 is 1.39 bits per heavy atom. The Morgan fingerprint density at radius 3 is 2.61 bits per heavy atom. The van der Waals surface area contributed by atoms with Gasteiger partial charge in [0.25, 0.3) is 0 Å². The zero-order valence-electron chi connectivity index (χ0n) is 11.6. The van der Waals surface area contributed by atoms with Crippen molar-refractivity contribution in [1.82, 2.24) is 0 Å². The predicted octanol–water partition coefficient (Wildman–Crippen LogP) is 3.93. The van der Waals surface area contributed by atoms with E-state index in [1.54, 1.807) is 6.92 Å². The third-order valence-electron chi connectivity index (χ3n) is 2.94. The van der Waals surface area contributed by atoms with E-state index in [1.165, 1.54) is 4.90 Å². The lowest BCUT2D eigenvalue weighted by Crippen LogP contribution is -2.27. The minimum atomic E-state index is -4.89. The molecule has 0 N–H and O–H groups in total. The number of hydrogen-bond donors (Lipinski definition) is 0. The Balaban J connectivity index is 2.41. The van der Waals surface area contributed by atoms with Gasteiger partial charge in [-0.15, -0.1) is 0 Å². The number of aliphatic imine (C=N–C) groups is 1. The maximum absolute atomic E-state index is 13.3. The van der Waals surface area contributed by atoms with Crippen molar-refractivity contribution in [3.63, 3.8) is 0 Å². The highest BCUT2D eigenvalue weighted by Gasteiger charge is 2.36. The minimum Gasteiger partial charge on any atom is -0.320 e. The quantitative estimate of drug-likeness (QED) is 0.753. The molecule has 0 bridgehead atoms. The monoisotopic (exact) mass is 356 g/mol. The number of anilines is 1. The molecule has 126 valence electrons. The fraction of sp³-hybridized carbons (Fsp3) is 0.385. The molecule has 1 atom stereocenters. The van der Waals surface area contributed by atoms with Crippen LogP contribution >= 0.6 is 11.8 Å². The number of halogens is 6. The zero-order valence-corrected chi connectivity index (χ0v) is 12.4. The lowest BCUT2D eigenvalue weighted by atomic mass is 10.1. The van der Waals surface area contributed by atoms with E-state index >= 15 is 0 Å². The maximum Gasteiger partial charge on any atom is 0.419 e. The van der Waals surface area contributed by atoms with E-state index in [4.69, 9.17) is 0 Å². The Labute approximate surface area is 131 Å². The van der Waals surface area contributed by atoms with E-state index in [9.17, 15) is 31.1 Å². The molecule has 1 aromatic rings. The van der Waals surface area contributed by atoms with E-state index in [-0.39, 0.29) is 22.6 Å². The Kier molecular flexibility index (Phi) is 4.92. The Morgan fingerprint density at radius 2 is 2.04 bits per heavy atom. The van der Waals surface area contributed by atoms with E-state index in [0.717, 1.165) is 17.8 Å². The lowest BCUT2D eigenvalue weighted by Gasteiger charge is -2.19. The van der Waals surface area contributed by atoms with Gasteiger partial charge in [-0.3, -0.25) is 4.79 Å². The molecular weight excluding hydrogens is 346 g/mol. The highest BCUT2D eigenvalue weighted by Crippen LogP contribution is 2.36. The standard InChI is InChI=1S/C13H10F6N2OS/c1-6-5-21(12(23-6)20-11(22)10(15)16)7-2-3-9(14)8(4-7)13(17,18)19/h2-4,6,10H,5H2,1H3. The van der Waals surface area contributed by atoms with Crippen LogP contribution in [0.4, 0.5) is 32.0 Å². The largest absolute Gasteiger partial charge is 0.419 e. The normalized spacial score (nSPS) is 20.6. The highest BCUT2D eigenvalue weighted by atomic mass is 32.2. The molecule has 1 aliphatic heterocycles. The second-order valence-corrected chi connectivity index (χ2v) is 6.14. The van der Waals surface area contributed by atoms with Crippen molar-refractivity contribution in [2.75, 3.05) is 11.4 Å². The lowest BCUT2D eigenvalue weighted by molar-refractivity contribution is -0.140. The van der Waals surface area contributed by atoms with E-state index in [0.29, 0.717) is 12.1 Å². The summed E-state index contributed by atoms with van der Waals surface area (Å²) < 4.78 is 76.2. The summed E-state index contributed by atoms with van der Waals surface area (Å²) in [6.07, 6.45) is -8.20. The fourth-order valence-corrected chi connectivity index (χ4v) is 2.99. The number of amidine groups is 1. The van der Waals surface area contributed by atoms with Gasteiger partial charge in [-0.2, -0.15) is 26.9 Å². The van der Waals surface area contributed by atoms with Crippen LogP contribution in [-0.4, -0.2) is 29.3 Å². The number of amides is 1. The van der Waals surface area contributed by atoms with Crippen LogP contribution in [0.3, 0.4) is 0 Å². The number of carbonyl (C=O) groups is 1. The number of rotatable bonds is 2. The first-order valence-corrected chi connectivity index (χ1v) is 7.19. The molecule has 1 aromatic carbocycles. The highest BCUT2D eigenvalue weighted by molar-refractivity contribution is 8.15. The van der Waals surface area contributed by atoms with Crippen LogP contribution in [0.2, 0.25) is 0 Å². The van der Waals surface area contributed by atoms with Crippen molar-refractivity contribution in [3.8, 4) is 0 Å². The van der Waals surface area contributed by atoms with Gasteiger partial charge in [-0.1, -0.05) is 18.7 Å². The predicted molar refractivity (Wildman–Crippen MR) is 74.2 cm³/mol. The molecule has 1 heterocycles. The summed E-state index contributed by atoms with van der Waals surface area (Å²) in [4.78, 5) is 15.5. The molecule has 1 saturated heterocycles. The number of alkyl halides is 5. The molecule has 3 nitrogen and oxygen atoms in total. The SMILES string of the molecule is CC1CN(c2ccc(F)c(C(F)(F)F)c2)C(=NC(=O)C(F)F)S1. The molecule has 23 heavy (non-hydrogen) atoms. The number of thioether (sulfide) groups is 1. The van der Waals surface area contributed by atoms with Gasteiger partial charge in [0.05, 0.1) is 5.56 Å². The molecule has 0 spiro atoms. The van der Waals surface area contributed by atoms with Crippen molar-refractivity contribution in [2.24, 2.45) is 4.99 Å². The van der Waals surface area contributed by atoms with Gasteiger partial charge in [0.15, 0.2) is 5.17 Å². The fourth-order valence-electron chi connectivity index (χ4n) is 1.96. The molecule has 10 heteroatoms. The first kappa shape index (κ1) is 17.6. The number of carbonyl (C=O) groups excluding carboxylic acids is 1. The average Bonchev–Trinajstić information content (AvgIpc) is 2.78. The summed E-state index contributed by atoms with van der Waals surface area (Å²) in [5.74, 6) is -3.12. The third-order valence-corrected chi connectivity index (χ3v) is 4.01. The number of hydrogen-bond acceptors (Lipinski definition) is 2. The van der Waals surface area contributed by atoms with Gasteiger partial charge in [0, 0.05) is 17.5 Å². The topological polar surface area (TPSA) is 32.7 Å². The molecule has 0 radical (unpaired) electrons. The van der Waals surface area contributed by atoms with E-state index in [1.807, 2.05) is 0 Å². The maximum atomic E-state index is 13.3. The first-order valence-electron chi connectivity index (χ1n) is 6.31. The Bertz CT molecular complexity index is 646. The van der Waals surface area contributed by atoms with Crippen molar-refractivity contribution >= 4 is 28.5 Å². The number of benzene rings is 1. The molecule has 0 aliphatic carbocycles. The zero-order chi connectivity index (χ0) is 17.4. The summed E-state index contributed by atoms with van der Waals surface area (Å²) in [7, 11) is 0. The summed E-state index contributed by atoms with van der Waals surface area (Å²) in [5.41, 5.74) is -1.55. The van der Waals surface area contributed by atoms with Gasteiger partial charge in [-0.25, -0.2) is 4.39 Å². The van der Waals surface area contributed by atoms with E-state index < -0.39 is 29.9 Å². The molecular formula is C13H10F6N2OS. The van der Waals surface area contributed by atoms with Crippen LogP contribution in [0, 0.1) is 5.82 Å². The van der Waals surface area contributed by atoms with Gasteiger partial charge in [0.2, 0.25) is 0 Å². The van der Waals surface area contributed by atoms with Crippen LogP contribution in [-0.2, 0) is 11.0 Å². The van der Waals surface area contributed by atoms with E-state index in [2.05, 4.69) is 4.99 Å². The van der Waals surface area contributed by atoms with Crippen LogP contribution in [0.15, 0.2) is 23.2 Å². The van der Waals surface area contributed by atoms with Crippen LogP contribution in [0.5, 0.6) is 0 Å². The van der Waals surface area contributed by atoms with Gasteiger partial charge >= 0.3 is 18.5 Å². The summed E-state index contributed by atoms with van der Waals surface area (Å²) in [5, 5.41) is -0.318. The third kappa shape index (κ3) is 3.98. The van der Waals surface area contributed by atoms with Crippen molar-refractivity contribution in [1.29, 1.82) is 0 Å². The van der Waals surface area contributed by atoms with Crippen LogP contribution < -0.4 is 4.90 Å². The molecule has 1 aliphatic rings.